The number of hydrogen-bond donors (Lipinski definition) is 1. The molecule has 1 atom stereocenters. The van der Waals surface area contributed by atoms with Gasteiger partial charge in [-0.05, 0) is 30.2 Å². The Morgan fingerprint density at radius 3 is 3.19 bits per heavy atom. The molecule has 1 amide bonds. The van der Waals surface area contributed by atoms with Crippen LogP contribution >= 0.6 is 11.3 Å². The first kappa shape index (κ1) is 14.0. The molecule has 6 heteroatoms. The first-order chi connectivity index (χ1) is 10.3. The smallest absolute Gasteiger partial charge is 0.252 e. The van der Waals surface area contributed by atoms with Gasteiger partial charge in [-0.2, -0.15) is 11.3 Å². The zero-order valence-corrected chi connectivity index (χ0v) is 12.6. The zero-order chi connectivity index (χ0) is 14.5. The van der Waals surface area contributed by atoms with Gasteiger partial charge >= 0.3 is 0 Å². The van der Waals surface area contributed by atoms with Gasteiger partial charge in [-0.25, -0.2) is 4.98 Å². The number of hydrogen-bond acceptors (Lipinski definition) is 5. The molecule has 21 heavy (non-hydrogen) atoms. The van der Waals surface area contributed by atoms with Crippen molar-refractivity contribution >= 4 is 23.1 Å². The molecule has 2 aromatic rings. The van der Waals surface area contributed by atoms with Gasteiger partial charge < -0.3 is 10.2 Å². The van der Waals surface area contributed by atoms with Crippen molar-refractivity contribution in [3.63, 3.8) is 0 Å². The molecule has 1 fully saturated rings. The van der Waals surface area contributed by atoms with Crippen LogP contribution in [0.3, 0.4) is 0 Å². The predicted octanol–water partition coefficient (Wildman–Crippen LogP) is 2.18. The van der Waals surface area contributed by atoms with Crippen molar-refractivity contribution in [2.75, 3.05) is 24.5 Å². The van der Waals surface area contributed by atoms with E-state index in [2.05, 4.69) is 20.2 Å². The summed E-state index contributed by atoms with van der Waals surface area (Å²) >= 11 is 1.54. The molecule has 1 N–H and O–H groups in total. The summed E-state index contributed by atoms with van der Waals surface area (Å²) in [4.78, 5) is 22.7. The topological polar surface area (TPSA) is 58.1 Å². The van der Waals surface area contributed by atoms with E-state index in [1.165, 1.54) is 0 Å². The monoisotopic (exact) mass is 302 g/mol. The normalized spacial score (nSPS) is 18.5. The van der Waals surface area contributed by atoms with Crippen molar-refractivity contribution < 1.29 is 4.79 Å². The van der Waals surface area contributed by atoms with Gasteiger partial charge in [0.2, 0.25) is 0 Å². The SMILES string of the molecule is O=C(NCC1CCCN(c2cnccn2)C1)c1ccsc1. The number of carbonyl (C=O) groups is 1. The molecule has 0 radical (unpaired) electrons. The third-order valence-corrected chi connectivity index (χ3v) is 4.41. The Labute approximate surface area is 128 Å². The van der Waals surface area contributed by atoms with E-state index in [1.807, 2.05) is 16.8 Å². The molecular formula is C15H18N4OS. The molecule has 0 spiro atoms. The lowest BCUT2D eigenvalue weighted by atomic mass is 9.98. The van der Waals surface area contributed by atoms with Crippen LogP contribution in [0.25, 0.3) is 0 Å². The van der Waals surface area contributed by atoms with E-state index in [0.29, 0.717) is 12.5 Å². The fraction of sp³-hybridized carbons (Fsp3) is 0.400. The second-order valence-corrected chi connectivity index (χ2v) is 6.02. The molecule has 0 aliphatic carbocycles. The van der Waals surface area contributed by atoms with Crippen LogP contribution in [-0.4, -0.2) is 35.5 Å². The number of carbonyl (C=O) groups excluding carboxylic acids is 1. The molecule has 1 saturated heterocycles. The lowest BCUT2D eigenvalue weighted by molar-refractivity contribution is 0.0946. The van der Waals surface area contributed by atoms with Gasteiger partial charge in [-0.3, -0.25) is 9.78 Å². The Balaban J connectivity index is 1.53. The summed E-state index contributed by atoms with van der Waals surface area (Å²) in [7, 11) is 0. The Morgan fingerprint density at radius 2 is 2.43 bits per heavy atom. The van der Waals surface area contributed by atoms with E-state index in [-0.39, 0.29) is 5.91 Å². The van der Waals surface area contributed by atoms with Gasteiger partial charge in [0, 0.05) is 43.0 Å². The van der Waals surface area contributed by atoms with Crippen molar-refractivity contribution in [3.8, 4) is 0 Å². The largest absolute Gasteiger partial charge is 0.355 e. The van der Waals surface area contributed by atoms with E-state index in [9.17, 15) is 4.79 Å². The summed E-state index contributed by atoms with van der Waals surface area (Å²) < 4.78 is 0. The Bertz CT molecular complexity index is 573. The highest BCUT2D eigenvalue weighted by Crippen LogP contribution is 2.20. The minimum atomic E-state index is 0.0212. The molecule has 0 saturated carbocycles. The number of nitrogens with zero attached hydrogens (tertiary/aromatic N) is 3. The standard InChI is InChI=1S/C15H18N4OS/c20-15(13-3-7-21-11-13)18-8-12-2-1-6-19(10-12)14-9-16-4-5-17-14/h3-5,7,9,11-12H,1-2,6,8,10H2,(H,18,20). The number of thiophene rings is 1. The Morgan fingerprint density at radius 1 is 1.48 bits per heavy atom. The molecule has 0 aromatic carbocycles. The van der Waals surface area contributed by atoms with Crippen molar-refractivity contribution in [2.24, 2.45) is 5.92 Å². The molecule has 1 unspecified atom stereocenters. The van der Waals surface area contributed by atoms with Gasteiger partial charge in [0.15, 0.2) is 0 Å². The van der Waals surface area contributed by atoms with Crippen LogP contribution in [0.1, 0.15) is 23.2 Å². The van der Waals surface area contributed by atoms with E-state index in [1.54, 1.807) is 29.9 Å². The Hall–Kier alpha value is -1.95. The minimum absolute atomic E-state index is 0.0212. The van der Waals surface area contributed by atoms with E-state index < -0.39 is 0 Å². The minimum Gasteiger partial charge on any atom is -0.355 e. The van der Waals surface area contributed by atoms with Crippen molar-refractivity contribution in [1.29, 1.82) is 0 Å². The maximum absolute atomic E-state index is 12.0. The van der Waals surface area contributed by atoms with Crippen LogP contribution in [0, 0.1) is 5.92 Å². The average molecular weight is 302 g/mol. The predicted molar refractivity (Wildman–Crippen MR) is 83.6 cm³/mol. The van der Waals surface area contributed by atoms with Crippen LogP contribution in [-0.2, 0) is 0 Å². The Kier molecular flexibility index (Phi) is 4.45. The first-order valence-electron chi connectivity index (χ1n) is 7.14. The second-order valence-electron chi connectivity index (χ2n) is 5.24. The second kappa shape index (κ2) is 6.67. The van der Waals surface area contributed by atoms with Crippen LogP contribution in [0.5, 0.6) is 0 Å². The van der Waals surface area contributed by atoms with Gasteiger partial charge in [0.1, 0.15) is 5.82 Å². The fourth-order valence-corrected chi connectivity index (χ4v) is 3.26. The molecular weight excluding hydrogens is 284 g/mol. The summed E-state index contributed by atoms with van der Waals surface area (Å²) in [5.41, 5.74) is 0.751. The summed E-state index contributed by atoms with van der Waals surface area (Å²) in [6.45, 7) is 2.64. The molecule has 2 aromatic heterocycles. The molecule has 3 rings (SSSR count). The molecule has 1 aliphatic heterocycles. The molecule has 0 bridgehead atoms. The van der Waals surface area contributed by atoms with Crippen LogP contribution in [0.2, 0.25) is 0 Å². The third kappa shape index (κ3) is 3.58. The number of nitrogens with one attached hydrogen (secondary N) is 1. The van der Waals surface area contributed by atoms with Gasteiger partial charge in [-0.1, -0.05) is 0 Å². The van der Waals surface area contributed by atoms with Gasteiger partial charge in [-0.15, -0.1) is 0 Å². The average Bonchev–Trinajstić information content (AvgIpc) is 3.08. The maximum Gasteiger partial charge on any atom is 0.252 e. The lowest BCUT2D eigenvalue weighted by Crippen LogP contribution is -2.41. The van der Waals surface area contributed by atoms with Crippen LogP contribution < -0.4 is 10.2 Å². The quantitative estimate of drug-likeness (QED) is 0.940. The maximum atomic E-state index is 12.0. The molecule has 5 nitrogen and oxygen atoms in total. The van der Waals surface area contributed by atoms with E-state index in [4.69, 9.17) is 0 Å². The van der Waals surface area contributed by atoms with Crippen LogP contribution in [0.15, 0.2) is 35.4 Å². The number of anilines is 1. The third-order valence-electron chi connectivity index (χ3n) is 3.73. The number of rotatable bonds is 4. The van der Waals surface area contributed by atoms with E-state index >= 15 is 0 Å². The fourth-order valence-electron chi connectivity index (χ4n) is 2.63. The summed E-state index contributed by atoms with van der Waals surface area (Å²) in [5.74, 6) is 1.41. The summed E-state index contributed by atoms with van der Waals surface area (Å²) in [5, 5.41) is 6.83. The zero-order valence-electron chi connectivity index (χ0n) is 11.7. The van der Waals surface area contributed by atoms with Gasteiger partial charge in [0.05, 0.1) is 6.20 Å². The van der Waals surface area contributed by atoms with Gasteiger partial charge in [0.25, 0.3) is 5.91 Å². The van der Waals surface area contributed by atoms with Crippen molar-refractivity contribution in [1.82, 2.24) is 15.3 Å². The molecule has 3 heterocycles. The lowest BCUT2D eigenvalue weighted by Gasteiger charge is -2.33. The van der Waals surface area contributed by atoms with Crippen molar-refractivity contribution in [2.45, 2.75) is 12.8 Å². The number of amides is 1. The van der Waals surface area contributed by atoms with E-state index in [0.717, 1.165) is 37.3 Å². The summed E-state index contributed by atoms with van der Waals surface area (Å²) in [6, 6.07) is 1.85. The van der Waals surface area contributed by atoms with Crippen LogP contribution in [0.4, 0.5) is 5.82 Å². The number of piperidine rings is 1. The highest BCUT2D eigenvalue weighted by atomic mass is 32.1. The first-order valence-corrected chi connectivity index (χ1v) is 8.08. The highest BCUT2D eigenvalue weighted by molar-refractivity contribution is 7.08. The molecule has 1 aliphatic rings. The highest BCUT2D eigenvalue weighted by Gasteiger charge is 2.21. The molecule has 110 valence electrons. The van der Waals surface area contributed by atoms with Crippen molar-refractivity contribution in [3.05, 3.63) is 41.0 Å². The summed E-state index contributed by atoms with van der Waals surface area (Å²) in [6.07, 6.45) is 7.46. The number of aromatic nitrogens is 2.